The normalized spacial score (nSPS) is 14.6. The summed E-state index contributed by atoms with van der Waals surface area (Å²) in [5.41, 5.74) is 2.89. The summed E-state index contributed by atoms with van der Waals surface area (Å²) in [6.07, 6.45) is 5.17. The predicted octanol–water partition coefficient (Wildman–Crippen LogP) is 3.68. The van der Waals surface area contributed by atoms with Crippen LogP contribution in [0.4, 0.5) is 5.82 Å². The molecular formula is C22H22IN5O. The molecule has 0 unspecified atom stereocenters. The number of anilines is 1. The Morgan fingerprint density at radius 1 is 1.07 bits per heavy atom. The molecule has 7 heteroatoms. The zero-order chi connectivity index (χ0) is 20.1. The molecule has 1 aliphatic heterocycles. The summed E-state index contributed by atoms with van der Waals surface area (Å²) in [7, 11) is 0. The number of halogens is 1. The lowest BCUT2D eigenvalue weighted by Gasteiger charge is -2.31. The van der Waals surface area contributed by atoms with Crippen molar-refractivity contribution in [2.45, 2.75) is 19.4 Å². The SMILES string of the molecule is O=C(NCc1ccc(I)cc1)C1CCN(c2ccc(-c3cccnc3)nn2)CC1. The van der Waals surface area contributed by atoms with E-state index in [1.165, 1.54) is 3.57 Å². The Labute approximate surface area is 183 Å². The molecule has 1 aliphatic rings. The zero-order valence-electron chi connectivity index (χ0n) is 16.0. The van der Waals surface area contributed by atoms with Crippen LogP contribution in [0.3, 0.4) is 0 Å². The number of pyridine rings is 1. The highest BCUT2D eigenvalue weighted by molar-refractivity contribution is 14.1. The van der Waals surface area contributed by atoms with Crippen LogP contribution in [0.1, 0.15) is 18.4 Å². The Morgan fingerprint density at radius 3 is 2.52 bits per heavy atom. The molecule has 0 aliphatic carbocycles. The summed E-state index contributed by atoms with van der Waals surface area (Å²) in [5, 5.41) is 11.8. The highest BCUT2D eigenvalue weighted by atomic mass is 127. The second kappa shape index (κ2) is 9.30. The zero-order valence-corrected chi connectivity index (χ0v) is 18.1. The fraction of sp³-hybridized carbons (Fsp3) is 0.273. The molecule has 0 saturated carbocycles. The van der Waals surface area contributed by atoms with Gasteiger partial charge in [-0.1, -0.05) is 12.1 Å². The van der Waals surface area contributed by atoms with E-state index in [0.29, 0.717) is 6.54 Å². The van der Waals surface area contributed by atoms with Crippen LogP contribution in [0.5, 0.6) is 0 Å². The minimum Gasteiger partial charge on any atom is -0.355 e. The fourth-order valence-corrected chi connectivity index (χ4v) is 3.83. The quantitative estimate of drug-likeness (QED) is 0.543. The van der Waals surface area contributed by atoms with Crippen LogP contribution in [0.15, 0.2) is 60.9 Å². The van der Waals surface area contributed by atoms with Crippen LogP contribution >= 0.6 is 22.6 Å². The van der Waals surface area contributed by atoms with E-state index >= 15 is 0 Å². The van der Waals surface area contributed by atoms with Gasteiger partial charge in [0, 0.05) is 47.1 Å². The van der Waals surface area contributed by atoms with Crippen molar-refractivity contribution in [3.8, 4) is 11.3 Å². The average molecular weight is 499 g/mol. The van der Waals surface area contributed by atoms with E-state index in [9.17, 15) is 4.79 Å². The van der Waals surface area contributed by atoms with Crippen molar-refractivity contribution in [2.24, 2.45) is 5.92 Å². The average Bonchev–Trinajstić information content (AvgIpc) is 2.79. The molecule has 0 atom stereocenters. The van der Waals surface area contributed by atoms with Crippen LogP contribution in [0, 0.1) is 9.49 Å². The number of aromatic nitrogens is 3. The first kappa shape index (κ1) is 19.8. The lowest BCUT2D eigenvalue weighted by atomic mass is 9.96. The van der Waals surface area contributed by atoms with E-state index in [1.54, 1.807) is 12.4 Å². The van der Waals surface area contributed by atoms with E-state index in [4.69, 9.17) is 0 Å². The van der Waals surface area contributed by atoms with Gasteiger partial charge in [-0.3, -0.25) is 9.78 Å². The number of hydrogen-bond acceptors (Lipinski definition) is 5. The minimum atomic E-state index is 0.0534. The lowest BCUT2D eigenvalue weighted by molar-refractivity contribution is -0.125. The van der Waals surface area contributed by atoms with E-state index in [-0.39, 0.29) is 11.8 Å². The lowest BCUT2D eigenvalue weighted by Crippen LogP contribution is -2.40. The molecule has 1 amide bonds. The molecule has 0 bridgehead atoms. The third-order valence-corrected chi connectivity index (χ3v) is 5.90. The molecule has 29 heavy (non-hydrogen) atoms. The number of amides is 1. The van der Waals surface area contributed by atoms with Crippen molar-refractivity contribution in [3.05, 3.63) is 70.1 Å². The molecule has 1 N–H and O–H groups in total. The highest BCUT2D eigenvalue weighted by Gasteiger charge is 2.25. The summed E-state index contributed by atoms with van der Waals surface area (Å²) in [4.78, 5) is 18.8. The Morgan fingerprint density at radius 2 is 1.86 bits per heavy atom. The maximum Gasteiger partial charge on any atom is 0.223 e. The summed E-state index contributed by atoms with van der Waals surface area (Å²) >= 11 is 2.28. The van der Waals surface area contributed by atoms with E-state index in [0.717, 1.165) is 48.6 Å². The van der Waals surface area contributed by atoms with Gasteiger partial charge in [0.1, 0.15) is 0 Å². The number of rotatable bonds is 5. The first-order valence-electron chi connectivity index (χ1n) is 9.70. The molecule has 3 aromatic rings. The summed E-state index contributed by atoms with van der Waals surface area (Å²) < 4.78 is 1.20. The van der Waals surface area contributed by atoms with Gasteiger partial charge in [-0.05, 0) is 77.4 Å². The molecule has 1 saturated heterocycles. The molecule has 6 nitrogen and oxygen atoms in total. The maximum absolute atomic E-state index is 12.5. The van der Waals surface area contributed by atoms with Crippen LogP contribution in [-0.2, 0) is 11.3 Å². The van der Waals surface area contributed by atoms with Gasteiger partial charge in [-0.15, -0.1) is 10.2 Å². The van der Waals surface area contributed by atoms with E-state index in [2.05, 4.69) is 72.3 Å². The maximum atomic E-state index is 12.5. The third kappa shape index (κ3) is 5.09. The molecule has 0 spiro atoms. The number of nitrogens with zero attached hydrogens (tertiary/aromatic N) is 4. The molecule has 1 fully saturated rings. The third-order valence-electron chi connectivity index (χ3n) is 5.18. The Balaban J connectivity index is 1.28. The van der Waals surface area contributed by atoms with Gasteiger partial charge in [-0.2, -0.15) is 0 Å². The molecule has 148 valence electrons. The fourth-order valence-electron chi connectivity index (χ4n) is 3.47. The first-order valence-corrected chi connectivity index (χ1v) is 10.8. The largest absolute Gasteiger partial charge is 0.355 e. The summed E-state index contributed by atoms with van der Waals surface area (Å²) in [6.45, 7) is 2.20. The van der Waals surface area contributed by atoms with Gasteiger partial charge < -0.3 is 10.2 Å². The number of hydrogen-bond donors (Lipinski definition) is 1. The van der Waals surface area contributed by atoms with Crippen LogP contribution < -0.4 is 10.2 Å². The van der Waals surface area contributed by atoms with Crippen molar-refractivity contribution in [2.75, 3.05) is 18.0 Å². The first-order chi connectivity index (χ1) is 14.2. The molecule has 3 heterocycles. The highest BCUT2D eigenvalue weighted by Crippen LogP contribution is 2.23. The topological polar surface area (TPSA) is 71.0 Å². The van der Waals surface area contributed by atoms with Crippen molar-refractivity contribution in [3.63, 3.8) is 0 Å². The van der Waals surface area contributed by atoms with Crippen molar-refractivity contribution in [1.82, 2.24) is 20.5 Å². The van der Waals surface area contributed by atoms with Gasteiger partial charge in [0.15, 0.2) is 5.82 Å². The van der Waals surface area contributed by atoms with Crippen molar-refractivity contribution >= 4 is 34.3 Å². The smallest absolute Gasteiger partial charge is 0.223 e. The van der Waals surface area contributed by atoms with Crippen LogP contribution in [-0.4, -0.2) is 34.2 Å². The van der Waals surface area contributed by atoms with Gasteiger partial charge in [0.05, 0.1) is 5.69 Å². The molecule has 0 radical (unpaired) electrons. The van der Waals surface area contributed by atoms with Gasteiger partial charge >= 0.3 is 0 Å². The second-order valence-corrected chi connectivity index (χ2v) is 8.37. The monoisotopic (exact) mass is 499 g/mol. The van der Waals surface area contributed by atoms with Gasteiger partial charge in [-0.25, -0.2) is 0 Å². The molecule has 4 rings (SSSR count). The summed E-state index contributed by atoms with van der Waals surface area (Å²) in [5.74, 6) is 1.05. The second-order valence-electron chi connectivity index (χ2n) is 7.12. The molecular weight excluding hydrogens is 477 g/mol. The minimum absolute atomic E-state index is 0.0534. The number of carbonyl (C=O) groups is 1. The molecule has 1 aromatic carbocycles. The number of nitrogens with one attached hydrogen (secondary N) is 1. The molecule has 2 aromatic heterocycles. The van der Waals surface area contributed by atoms with Crippen LogP contribution in [0.25, 0.3) is 11.3 Å². The van der Waals surface area contributed by atoms with Crippen molar-refractivity contribution < 1.29 is 4.79 Å². The van der Waals surface area contributed by atoms with Gasteiger partial charge in [0.25, 0.3) is 0 Å². The standard InChI is InChI=1S/C22H22IN5O/c23-19-5-3-16(4-6-19)14-25-22(29)17-9-12-28(13-10-17)21-8-7-20(26-27-21)18-2-1-11-24-15-18/h1-8,11,15,17H,9-10,12-14H2,(H,25,29). The summed E-state index contributed by atoms with van der Waals surface area (Å²) in [6, 6.07) is 16.0. The Kier molecular flexibility index (Phi) is 6.33. The number of carbonyl (C=O) groups excluding carboxylic acids is 1. The van der Waals surface area contributed by atoms with E-state index < -0.39 is 0 Å². The predicted molar refractivity (Wildman–Crippen MR) is 121 cm³/mol. The van der Waals surface area contributed by atoms with Crippen molar-refractivity contribution in [1.29, 1.82) is 0 Å². The van der Waals surface area contributed by atoms with Crippen LogP contribution in [0.2, 0.25) is 0 Å². The van der Waals surface area contributed by atoms with E-state index in [1.807, 2.05) is 24.3 Å². The van der Waals surface area contributed by atoms with Gasteiger partial charge in [0.2, 0.25) is 5.91 Å². The number of piperidine rings is 1. The Bertz CT molecular complexity index is 939. The Hall–Kier alpha value is -2.55. The number of benzene rings is 1.